The number of hydrogen-bond donors (Lipinski definition) is 0. The number of fused-ring (bicyclic) bond motifs is 5. The van der Waals surface area contributed by atoms with E-state index >= 15 is 0 Å². The molecular weight excluding hydrogens is 697 g/mol. The lowest BCUT2D eigenvalue weighted by molar-refractivity contribution is 0.617. The second-order valence-corrected chi connectivity index (χ2v) is 14.3. The summed E-state index contributed by atoms with van der Waals surface area (Å²) < 4.78 is 12.9. The van der Waals surface area contributed by atoms with Crippen molar-refractivity contribution in [1.82, 2.24) is 4.98 Å². The number of benzene rings is 9. The highest BCUT2D eigenvalue weighted by atomic mass is 16.4. The summed E-state index contributed by atoms with van der Waals surface area (Å²) in [7, 11) is 0. The van der Waals surface area contributed by atoms with Crippen LogP contribution in [-0.2, 0) is 0 Å². The van der Waals surface area contributed by atoms with Gasteiger partial charge in [0.1, 0.15) is 16.7 Å². The highest BCUT2D eigenvalue weighted by Crippen LogP contribution is 2.45. The standard InChI is InChI=1S/C53H34N2O2/c1-3-14-36(15-4-1)44-21-9-11-24-46(44)55(40-30-26-37(27-31-40)43-23-13-19-35-16-7-8-20-42(35)43)41-32-28-38(29-33-41)50-51-45-22-10-12-25-47(45)56-48(51)34-49-52(50)54-53(57-49)39-17-5-2-6-18-39/h1-34H. The molecule has 0 aliphatic heterocycles. The average molecular weight is 731 g/mol. The Kier molecular flexibility index (Phi) is 7.78. The van der Waals surface area contributed by atoms with Crippen LogP contribution in [0.3, 0.4) is 0 Å². The molecule has 0 fully saturated rings. The van der Waals surface area contributed by atoms with E-state index in [0.29, 0.717) is 11.5 Å². The number of furan rings is 1. The molecule has 2 aromatic heterocycles. The van der Waals surface area contributed by atoms with Gasteiger partial charge >= 0.3 is 0 Å². The molecular formula is C53H34N2O2. The van der Waals surface area contributed by atoms with E-state index in [-0.39, 0.29) is 0 Å². The Bertz CT molecular complexity index is 3210. The smallest absolute Gasteiger partial charge is 0.227 e. The molecule has 0 saturated carbocycles. The summed E-state index contributed by atoms with van der Waals surface area (Å²) in [6.45, 7) is 0. The largest absolute Gasteiger partial charge is 0.456 e. The molecule has 0 aliphatic rings. The molecule has 0 saturated heterocycles. The maximum Gasteiger partial charge on any atom is 0.227 e. The van der Waals surface area contributed by atoms with E-state index in [4.69, 9.17) is 13.8 Å². The van der Waals surface area contributed by atoms with Gasteiger partial charge in [-0.1, -0.05) is 152 Å². The van der Waals surface area contributed by atoms with E-state index < -0.39 is 0 Å². The van der Waals surface area contributed by atoms with Crippen LogP contribution in [0.2, 0.25) is 0 Å². The Labute approximate surface area is 329 Å². The zero-order chi connectivity index (χ0) is 37.7. The van der Waals surface area contributed by atoms with Crippen LogP contribution < -0.4 is 4.90 Å². The molecule has 2 heterocycles. The summed E-state index contributed by atoms with van der Waals surface area (Å²) in [6, 6.07) is 72.3. The van der Waals surface area contributed by atoms with Gasteiger partial charge in [-0.25, -0.2) is 4.98 Å². The number of anilines is 3. The SMILES string of the molecule is c1ccc(-c2nc3c(-c4ccc(N(c5ccc(-c6cccc7ccccc67)cc5)c5ccccc5-c5ccccc5)cc4)c4c(cc3o2)oc2ccccc24)cc1. The van der Waals surface area contributed by atoms with Crippen LogP contribution in [0, 0.1) is 0 Å². The van der Waals surface area contributed by atoms with Crippen molar-refractivity contribution in [1.29, 1.82) is 0 Å². The van der Waals surface area contributed by atoms with Gasteiger partial charge in [0.25, 0.3) is 0 Å². The summed E-state index contributed by atoms with van der Waals surface area (Å²) in [5.74, 6) is 0.580. The Morgan fingerprint density at radius 3 is 1.74 bits per heavy atom. The Morgan fingerprint density at radius 1 is 0.386 bits per heavy atom. The quantitative estimate of drug-likeness (QED) is 0.164. The van der Waals surface area contributed by atoms with Crippen LogP contribution in [0.1, 0.15) is 0 Å². The first-order valence-corrected chi connectivity index (χ1v) is 19.2. The predicted molar refractivity (Wildman–Crippen MR) is 235 cm³/mol. The molecule has 0 atom stereocenters. The van der Waals surface area contributed by atoms with E-state index in [9.17, 15) is 0 Å². The van der Waals surface area contributed by atoms with Crippen LogP contribution >= 0.6 is 0 Å². The zero-order valence-electron chi connectivity index (χ0n) is 30.8. The van der Waals surface area contributed by atoms with Crippen LogP contribution in [-0.4, -0.2) is 4.98 Å². The molecule has 9 aromatic carbocycles. The van der Waals surface area contributed by atoms with E-state index in [1.807, 2.05) is 48.5 Å². The first-order valence-electron chi connectivity index (χ1n) is 19.2. The van der Waals surface area contributed by atoms with Gasteiger partial charge < -0.3 is 13.7 Å². The van der Waals surface area contributed by atoms with Crippen molar-refractivity contribution in [3.8, 4) is 44.8 Å². The Balaban J connectivity index is 1.08. The van der Waals surface area contributed by atoms with Gasteiger partial charge in [-0.2, -0.15) is 0 Å². The molecule has 0 aliphatic carbocycles. The molecule has 11 aromatic rings. The number of hydrogen-bond acceptors (Lipinski definition) is 4. The summed E-state index contributed by atoms with van der Waals surface area (Å²) >= 11 is 0. The van der Waals surface area contributed by atoms with Crippen LogP contribution in [0.4, 0.5) is 17.1 Å². The first kappa shape index (κ1) is 32.7. The number of nitrogens with zero attached hydrogens (tertiary/aromatic N) is 2. The number of rotatable bonds is 7. The molecule has 4 heteroatoms. The molecule has 0 unspecified atom stereocenters. The highest BCUT2D eigenvalue weighted by molar-refractivity contribution is 6.19. The minimum atomic E-state index is 0.580. The van der Waals surface area contributed by atoms with Gasteiger partial charge in [0.05, 0.1) is 5.69 Å². The summed E-state index contributed by atoms with van der Waals surface area (Å²) in [5.41, 5.74) is 13.9. The normalized spacial score (nSPS) is 11.5. The van der Waals surface area contributed by atoms with Gasteiger partial charge in [-0.05, 0) is 81.6 Å². The van der Waals surface area contributed by atoms with Crippen molar-refractivity contribution in [3.63, 3.8) is 0 Å². The predicted octanol–water partition coefficient (Wildman–Crippen LogP) is 15.0. The van der Waals surface area contributed by atoms with E-state index in [1.54, 1.807) is 0 Å². The first-order chi connectivity index (χ1) is 28.3. The molecule has 4 nitrogen and oxygen atoms in total. The van der Waals surface area contributed by atoms with E-state index in [1.165, 1.54) is 21.9 Å². The molecule has 0 amide bonds. The molecule has 57 heavy (non-hydrogen) atoms. The third kappa shape index (κ3) is 5.66. The second kappa shape index (κ2) is 13.6. The molecule has 0 spiro atoms. The summed E-state index contributed by atoms with van der Waals surface area (Å²) in [5, 5.41) is 4.54. The Morgan fingerprint density at radius 2 is 0.965 bits per heavy atom. The second-order valence-electron chi connectivity index (χ2n) is 14.3. The lowest BCUT2D eigenvalue weighted by Crippen LogP contribution is -2.11. The maximum atomic E-state index is 6.44. The van der Waals surface area contributed by atoms with E-state index in [2.05, 4.69) is 163 Å². The zero-order valence-corrected chi connectivity index (χ0v) is 30.8. The third-order valence-electron chi connectivity index (χ3n) is 10.9. The highest BCUT2D eigenvalue weighted by Gasteiger charge is 2.23. The maximum absolute atomic E-state index is 6.44. The number of oxazole rings is 1. The van der Waals surface area contributed by atoms with Gasteiger partial charge in [0.2, 0.25) is 5.89 Å². The van der Waals surface area contributed by atoms with Gasteiger partial charge in [0.15, 0.2) is 5.58 Å². The van der Waals surface area contributed by atoms with Crippen molar-refractivity contribution in [2.45, 2.75) is 0 Å². The average Bonchev–Trinajstić information content (AvgIpc) is 3.88. The lowest BCUT2D eigenvalue weighted by atomic mass is 9.96. The minimum absolute atomic E-state index is 0.580. The monoisotopic (exact) mass is 730 g/mol. The molecule has 268 valence electrons. The van der Waals surface area contributed by atoms with Crippen molar-refractivity contribution in [2.24, 2.45) is 0 Å². The minimum Gasteiger partial charge on any atom is -0.456 e. The molecule has 0 radical (unpaired) electrons. The topological polar surface area (TPSA) is 42.4 Å². The fourth-order valence-electron chi connectivity index (χ4n) is 8.26. The molecule has 11 rings (SSSR count). The number of aromatic nitrogens is 1. The molecule has 0 N–H and O–H groups in total. The third-order valence-corrected chi connectivity index (χ3v) is 10.9. The number of para-hydroxylation sites is 2. The fourth-order valence-corrected chi connectivity index (χ4v) is 8.26. The fraction of sp³-hybridized carbons (Fsp3) is 0. The van der Waals surface area contributed by atoms with Crippen molar-refractivity contribution < 1.29 is 8.83 Å². The van der Waals surface area contributed by atoms with Crippen molar-refractivity contribution in [2.75, 3.05) is 4.90 Å². The van der Waals surface area contributed by atoms with Gasteiger partial charge in [-0.15, -0.1) is 0 Å². The lowest BCUT2D eigenvalue weighted by Gasteiger charge is -2.28. The van der Waals surface area contributed by atoms with Gasteiger partial charge in [0, 0.05) is 44.9 Å². The van der Waals surface area contributed by atoms with Crippen LogP contribution in [0.5, 0.6) is 0 Å². The van der Waals surface area contributed by atoms with Crippen LogP contribution in [0.15, 0.2) is 215 Å². The van der Waals surface area contributed by atoms with E-state index in [0.717, 1.165) is 72.3 Å². The van der Waals surface area contributed by atoms with Gasteiger partial charge in [-0.3, -0.25) is 0 Å². The molecule has 0 bridgehead atoms. The van der Waals surface area contributed by atoms with Crippen molar-refractivity contribution in [3.05, 3.63) is 206 Å². The van der Waals surface area contributed by atoms with Crippen molar-refractivity contribution >= 4 is 60.9 Å². The summed E-state index contributed by atoms with van der Waals surface area (Å²) in [4.78, 5) is 7.48. The summed E-state index contributed by atoms with van der Waals surface area (Å²) in [6.07, 6.45) is 0. The Hall–Kier alpha value is -7.69. The van der Waals surface area contributed by atoms with Crippen LogP contribution in [0.25, 0.3) is 88.6 Å².